The number of rotatable bonds is 7. The maximum atomic E-state index is 13.2. The Kier molecular flexibility index (Phi) is 7.63. The van der Waals surface area contributed by atoms with E-state index in [1.807, 2.05) is 48.2 Å². The Bertz CT molecular complexity index is 891. The van der Waals surface area contributed by atoms with Gasteiger partial charge in [-0.3, -0.25) is 0 Å². The summed E-state index contributed by atoms with van der Waals surface area (Å²) in [5.74, 6) is 0. The molecule has 1 heterocycles. The lowest BCUT2D eigenvalue weighted by atomic mass is 10.0. The van der Waals surface area contributed by atoms with E-state index in [1.54, 1.807) is 6.08 Å². The lowest BCUT2D eigenvalue weighted by Crippen LogP contribution is -2.47. The van der Waals surface area contributed by atoms with E-state index in [0.717, 1.165) is 48.3 Å². The van der Waals surface area contributed by atoms with E-state index in [0.29, 0.717) is 6.54 Å². The first-order valence-electron chi connectivity index (χ1n) is 10.5. The summed E-state index contributed by atoms with van der Waals surface area (Å²) in [6.45, 7) is 12.1. The number of piperidine rings is 1. The van der Waals surface area contributed by atoms with Gasteiger partial charge in [-0.1, -0.05) is 73.3 Å². The molecular formula is C26H31N3O. The number of nitrogens with zero attached hydrogens (tertiary/aromatic N) is 1. The first kappa shape index (κ1) is 21.6. The van der Waals surface area contributed by atoms with Crippen LogP contribution in [-0.4, -0.2) is 30.1 Å². The minimum atomic E-state index is -0.0480. The fourth-order valence-electron chi connectivity index (χ4n) is 3.73. The molecule has 3 rings (SSSR count). The van der Waals surface area contributed by atoms with Gasteiger partial charge in [-0.25, -0.2) is 4.79 Å². The van der Waals surface area contributed by atoms with Gasteiger partial charge < -0.3 is 15.5 Å². The summed E-state index contributed by atoms with van der Waals surface area (Å²) < 4.78 is 0. The van der Waals surface area contributed by atoms with Crippen molar-refractivity contribution >= 4 is 17.3 Å². The third-order valence-corrected chi connectivity index (χ3v) is 5.47. The Hall–Kier alpha value is -3.11. The number of nitrogens with one attached hydrogen (secondary N) is 2. The van der Waals surface area contributed by atoms with E-state index in [9.17, 15) is 4.79 Å². The Balaban J connectivity index is 1.77. The lowest BCUT2D eigenvalue weighted by molar-refractivity contribution is 0.166. The van der Waals surface area contributed by atoms with Crippen molar-refractivity contribution < 1.29 is 4.79 Å². The Labute approximate surface area is 180 Å². The Morgan fingerprint density at radius 1 is 1.10 bits per heavy atom. The molecule has 2 N–H and O–H groups in total. The number of benzene rings is 2. The van der Waals surface area contributed by atoms with Gasteiger partial charge in [-0.05, 0) is 61.7 Å². The molecule has 1 aliphatic heterocycles. The highest BCUT2D eigenvalue weighted by atomic mass is 16.2. The largest absolute Gasteiger partial charge is 0.322 e. The normalized spacial score (nSPS) is 14.8. The molecular weight excluding hydrogens is 370 g/mol. The zero-order valence-electron chi connectivity index (χ0n) is 17.7. The van der Waals surface area contributed by atoms with Crippen molar-refractivity contribution in [2.75, 3.05) is 18.4 Å². The van der Waals surface area contributed by atoms with Crippen LogP contribution >= 0.6 is 0 Å². The van der Waals surface area contributed by atoms with Crippen LogP contribution in [0.4, 0.5) is 10.5 Å². The van der Waals surface area contributed by atoms with E-state index < -0.39 is 0 Å². The van der Waals surface area contributed by atoms with Crippen LogP contribution in [0.3, 0.4) is 0 Å². The highest BCUT2D eigenvalue weighted by Crippen LogP contribution is 2.21. The third-order valence-electron chi connectivity index (χ3n) is 5.47. The maximum absolute atomic E-state index is 13.2. The van der Waals surface area contributed by atoms with E-state index >= 15 is 0 Å². The predicted octanol–water partition coefficient (Wildman–Crippen LogP) is 5.54. The Morgan fingerprint density at radius 2 is 1.77 bits per heavy atom. The predicted molar refractivity (Wildman–Crippen MR) is 126 cm³/mol. The van der Waals surface area contributed by atoms with E-state index in [1.165, 1.54) is 5.56 Å². The molecule has 0 spiro atoms. The van der Waals surface area contributed by atoms with Crippen LogP contribution in [0.2, 0.25) is 0 Å². The first-order chi connectivity index (χ1) is 14.6. The van der Waals surface area contributed by atoms with E-state index in [4.69, 9.17) is 0 Å². The number of urea groups is 1. The number of hydrogen-bond acceptors (Lipinski definition) is 2. The van der Waals surface area contributed by atoms with Crippen LogP contribution in [-0.2, 0) is 6.54 Å². The monoisotopic (exact) mass is 401 g/mol. The molecule has 0 radical (unpaired) electrons. The SMILES string of the molecule is C=C/C=C(\C=C)c1ccc(CN(C(=O)Nc2ccc(C)cc2)C2CCNCC2)cc1. The minimum Gasteiger partial charge on any atom is -0.317 e. The van der Waals surface area contributed by atoms with Crippen LogP contribution in [0.5, 0.6) is 0 Å². The summed E-state index contributed by atoms with van der Waals surface area (Å²) >= 11 is 0. The molecule has 0 atom stereocenters. The van der Waals surface area contributed by atoms with Crippen molar-refractivity contribution in [3.8, 4) is 0 Å². The van der Waals surface area contributed by atoms with E-state index in [-0.39, 0.29) is 12.1 Å². The molecule has 30 heavy (non-hydrogen) atoms. The van der Waals surface area contributed by atoms with Crippen LogP contribution in [0.1, 0.15) is 29.5 Å². The number of hydrogen-bond donors (Lipinski definition) is 2. The van der Waals surface area contributed by atoms with Crippen molar-refractivity contribution in [3.63, 3.8) is 0 Å². The number of carbonyl (C=O) groups is 1. The summed E-state index contributed by atoms with van der Waals surface area (Å²) in [7, 11) is 0. The fourth-order valence-corrected chi connectivity index (χ4v) is 3.73. The Morgan fingerprint density at radius 3 is 2.37 bits per heavy atom. The molecule has 1 fully saturated rings. The molecule has 2 aromatic rings. The van der Waals surface area contributed by atoms with Crippen molar-refractivity contribution in [1.29, 1.82) is 0 Å². The highest BCUT2D eigenvalue weighted by Gasteiger charge is 2.25. The van der Waals surface area contributed by atoms with Gasteiger partial charge in [0.15, 0.2) is 0 Å². The van der Waals surface area contributed by atoms with Crippen molar-refractivity contribution in [1.82, 2.24) is 10.2 Å². The molecule has 1 saturated heterocycles. The molecule has 0 saturated carbocycles. The van der Waals surface area contributed by atoms with Gasteiger partial charge in [0.1, 0.15) is 0 Å². The highest BCUT2D eigenvalue weighted by molar-refractivity contribution is 5.89. The molecule has 0 unspecified atom stereocenters. The van der Waals surface area contributed by atoms with Gasteiger partial charge in [-0.2, -0.15) is 0 Å². The van der Waals surface area contributed by atoms with Crippen LogP contribution in [0, 0.1) is 6.92 Å². The van der Waals surface area contributed by atoms with Gasteiger partial charge in [0.2, 0.25) is 0 Å². The third kappa shape index (κ3) is 5.71. The molecule has 0 aliphatic carbocycles. The average molecular weight is 402 g/mol. The number of amides is 2. The average Bonchev–Trinajstić information content (AvgIpc) is 2.78. The number of carbonyl (C=O) groups excluding carboxylic acids is 1. The minimum absolute atomic E-state index is 0.0480. The standard InChI is InChI=1S/C26H31N3O/c1-4-6-22(5-2)23-11-9-21(10-12-23)19-29(25-15-17-27-18-16-25)26(30)28-24-13-7-20(3)8-14-24/h4-14,25,27H,1-2,15-19H2,3H3,(H,28,30)/b22-6+. The fraction of sp³-hybridized carbons (Fsp3) is 0.269. The quantitative estimate of drug-likeness (QED) is 0.599. The van der Waals surface area contributed by atoms with Crippen molar-refractivity contribution in [2.24, 2.45) is 0 Å². The van der Waals surface area contributed by atoms with Gasteiger partial charge in [-0.15, -0.1) is 0 Å². The molecule has 4 nitrogen and oxygen atoms in total. The van der Waals surface area contributed by atoms with Crippen LogP contribution in [0.25, 0.3) is 5.57 Å². The molecule has 1 aliphatic rings. The second-order valence-electron chi connectivity index (χ2n) is 7.66. The summed E-state index contributed by atoms with van der Waals surface area (Å²) in [6, 6.07) is 16.4. The van der Waals surface area contributed by atoms with Gasteiger partial charge >= 0.3 is 6.03 Å². The molecule has 0 bridgehead atoms. The second-order valence-corrected chi connectivity index (χ2v) is 7.66. The summed E-state index contributed by atoms with van der Waals surface area (Å²) in [5, 5.41) is 6.46. The van der Waals surface area contributed by atoms with Crippen LogP contribution < -0.4 is 10.6 Å². The summed E-state index contributed by atoms with van der Waals surface area (Å²) in [6.07, 6.45) is 7.45. The van der Waals surface area contributed by atoms with E-state index in [2.05, 4.69) is 48.1 Å². The number of anilines is 1. The number of allylic oxidation sites excluding steroid dienone is 4. The van der Waals surface area contributed by atoms with Crippen molar-refractivity contribution in [2.45, 2.75) is 32.4 Å². The lowest BCUT2D eigenvalue weighted by Gasteiger charge is -2.35. The zero-order valence-corrected chi connectivity index (χ0v) is 17.7. The molecule has 2 amide bonds. The smallest absolute Gasteiger partial charge is 0.317 e. The van der Waals surface area contributed by atoms with Crippen molar-refractivity contribution in [3.05, 3.63) is 96.6 Å². The maximum Gasteiger partial charge on any atom is 0.322 e. The van der Waals surface area contributed by atoms with Crippen LogP contribution in [0.15, 0.2) is 79.9 Å². The summed E-state index contributed by atoms with van der Waals surface area (Å²) in [5.41, 5.74) is 5.23. The zero-order chi connectivity index (χ0) is 21.3. The first-order valence-corrected chi connectivity index (χ1v) is 10.5. The number of aryl methyl sites for hydroxylation is 1. The van der Waals surface area contributed by atoms with Gasteiger partial charge in [0.05, 0.1) is 0 Å². The van der Waals surface area contributed by atoms with Gasteiger partial charge in [0, 0.05) is 18.3 Å². The molecule has 0 aromatic heterocycles. The topological polar surface area (TPSA) is 44.4 Å². The molecule has 2 aromatic carbocycles. The van der Waals surface area contributed by atoms with Gasteiger partial charge in [0.25, 0.3) is 0 Å². The summed E-state index contributed by atoms with van der Waals surface area (Å²) in [4.78, 5) is 15.1. The second kappa shape index (κ2) is 10.6. The molecule has 4 heteroatoms. The molecule has 156 valence electrons.